The van der Waals surface area contributed by atoms with Crippen LogP contribution in [0.3, 0.4) is 0 Å². The van der Waals surface area contributed by atoms with Gasteiger partial charge in [-0.25, -0.2) is 4.39 Å². The van der Waals surface area contributed by atoms with E-state index < -0.39 is 0 Å². The molecule has 3 nitrogen and oxygen atoms in total. The van der Waals surface area contributed by atoms with Crippen molar-refractivity contribution in [3.8, 4) is 5.75 Å². The first kappa shape index (κ1) is 12.7. The van der Waals surface area contributed by atoms with Crippen LogP contribution in [0.4, 0.5) is 4.39 Å². The summed E-state index contributed by atoms with van der Waals surface area (Å²) in [5.74, 6) is 1.46. The maximum Gasteiger partial charge on any atom is 0.128 e. The number of ether oxygens (including phenoxy) is 1. The molecule has 0 atom stereocenters. The van der Waals surface area contributed by atoms with Crippen molar-refractivity contribution in [3.63, 3.8) is 0 Å². The second kappa shape index (κ2) is 5.74. The summed E-state index contributed by atoms with van der Waals surface area (Å²) in [6.45, 7) is 2.12. The predicted molar refractivity (Wildman–Crippen MR) is 76.6 cm³/mol. The topological polar surface area (TPSA) is 33.6 Å². The lowest BCUT2D eigenvalue weighted by molar-refractivity contribution is 0.306. The average molecular weight is 270 g/mol. The third-order valence-corrected chi connectivity index (χ3v) is 3.10. The summed E-state index contributed by atoms with van der Waals surface area (Å²) >= 11 is 0. The van der Waals surface area contributed by atoms with Gasteiger partial charge in [-0.1, -0.05) is 24.3 Å². The molecule has 0 saturated carbocycles. The first-order chi connectivity index (χ1) is 9.81. The number of halogens is 1. The standard InChI is InChI=1S/C16H15FN2O/c17-14-6-4-12(5-7-14)11-20-15-3-1-2-13(10-15)16-18-8-9-19-16/h1-7,10H,8-9,11H2,(H,18,19). The number of nitrogens with one attached hydrogen (secondary N) is 1. The van der Waals surface area contributed by atoms with Crippen molar-refractivity contribution in [2.24, 2.45) is 4.99 Å². The highest BCUT2D eigenvalue weighted by atomic mass is 19.1. The zero-order valence-corrected chi connectivity index (χ0v) is 11.0. The number of hydrogen-bond donors (Lipinski definition) is 1. The number of benzene rings is 2. The van der Waals surface area contributed by atoms with Gasteiger partial charge in [0, 0.05) is 12.1 Å². The lowest BCUT2D eigenvalue weighted by atomic mass is 10.2. The Kier molecular flexibility index (Phi) is 3.63. The summed E-state index contributed by atoms with van der Waals surface area (Å²) < 4.78 is 18.5. The Morgan fingerprint density at radius 3 is 2.75 bits per heavy atom. The zero-order valence-electron chi connectivity index (χ0n) is 11.0. The second-order valence-corrected chi connectivity index (χ2v) is 4.60. The fourth-order valence-corrected chi connectivity index (χ4v) is 2.07. The molecule has 0 bridgehead atoms. The number of nitrogens with zero attached hydrogens (tertiary/aromatic N) is 1. The van der Waals surface area contributed by atoms with Gasteiger partial charge >= 0.3 is 0 Å². The number of hydrogen-bond acceptors (Lipinski definition) is 3. The number of amidine groups is 1. The molecule has 0 amide bonds. The molecular weight excluding hydrogens is 255 g/mol. The maximum absolute atomic E-state index is 12.8. The van der Waals surface area contributed by atoms with E-state index in [0.717, 1.165) is 35.8 Å². The van der Waals surface area contributed by atoms with Gasteiger partial charge in [0.2, 0.25) is 0 Å². The quantitative estimate of drug-likeness (QED) is 0.926. The molecule has 1 N–H and O–H groups in total. The van der Waals surface area contributed by atoms with Gasteiger partial charge in [0.1, 0.15) is 24.0 Å². The molecule has 2 aromatic carbocycles. The fraction of sp³-hybridized carbons (Fsp3) is 0.188. The van der Waals surface area contributed by atoms with Gasteiger partial charge in [0.05, 0.1) is 6.54 Å². The molecule has 1 heterocycles. The van der Waals surface area contributed by atoms with E-state index in [0.29, 0.717) is 6.61 Å². The van der Waals surface area contributed by atoms with Gasteiger partial charge < -0.3 is 10.1 Å². The van der Waals surface area contributed by atoms with Gasteiger partial charge in [-0.2, -0.15) is 0 Å². The van der Waals surface area contributed by atoms with Gasteiger partial charge in [-0.05, 0) is 29.8 Å². The van der Waals surface area contributed by atoms with E-state index in [9.17, 15) is 4.39 Å². The van der Waals surface area contributed by atoms with Crippen molar-refractivity contribution in [1.82, 2.24) is 5.32 Å². The first-order valence-corrected chi connectivity index (χ1v) is 6.57. The van der Waals surface area contributed by atoms with Crippen molar-refractivity contribution >= 4 is 5.84 Å². The Bertz CT molecular complexity index is 623. The second-order valence-electron chi connectivity index (χ2n) is 4.60. The molecule has 0 spiro atoms. The van der Waals surface area contributed by atoms with Gasteiger partial charge in [-0.3, -0.25) is 4.99 Å². The van der Waals surface area contributed by atoms with E-state index in [1.54, 1.807) is 12.1 Å². The van der Waals surface area contributed by atoms with Crippen LogP contribution >= 0.6 is 0 Å². The summed E-state index contributed by atoms with van der Waals surface area (Å²) in [6.07, 6.45) is 0. The Morgan fingerprint density at radius 2 is 2.00 bits per heavy atom. The molecule has 1 aliphatic heterocycles. The molecule has 0 aliphatic carbocycles. The van der Waals surface area contributed by atoms with E-state index in [4.69, 9.17) is 4.74 Å². The zero-order chi connectivity index (χ0) is 13.8. The van der Waals surface area contributed by atoms with E-state index in [1.807, 2.05) is 24.3 Å². The van der Waals surface area contributed by atoms with Gasteiger partial charge in [-0.15, -0.1) is 0 Å². The van der Waals surface area contributed by atoms with Crippen molar-refractivity contribution in [2.45, 2.75) is 6.61 Å². The van der Waals surface area contributed by atoms with Crippen molar-refractivity contribution in [3.05, 3.63) is 65.5 Å². The summed E-state index contributed by atoms with van der Waals surface area (Å²) in [5.41, 5.74) is 1.97. The van der Waals surface area contributed by atoms with E-state index in [1.165, 1.54) is 12.1 Å². The molecular formula is C16H15FN2O. The minimum Gasteiger partial charge on any atom is -0.489 e. The molecule has 3 rings (SSSR count). The molecule has 0 fully saturated rings. The van der Waals surface area contributed by atoms with Crippen LogP contribution in [0.1, 0.15) is 11.1 Å². The molecule has 2 aromatic rings. The highest BCUT2D eigenvalue weighted by Crippen LogP contribution is 2.16. The monoisotopic (exact) mass is 270 g/mol. The van der Waals surface area contributed by atoms with Crippen LogP contribution < -0.4 is 10.1 Å². The minimum absolute atomic E-state index is 0.235. The van der Waals surface area contributed by atoms with Crippen LogP contribution in [0.25, 0.3) is 0 Å². The molecule has 20 heavy (non-hydrogen) atoms. The van der Waals surface area contributed by atoms with Crippen molar-refractivity contribution < 1.29 is 9.13 Å². The van der Waals surface area contributed by atoms with E-state index >= 15 is 0 Å². The van der Waals surface area contributed by atoms with E-state index in [2.05, 4.69) is 10.3 Å². The Labute approximate surface area is 117 Å². The summed E-state index contributed by atoms with van der Waals surface area (Å²) in [6, 6.07) is 14.1. The molecule has 4 heteroatoms. The molecule has 0 aromatic heterocycles. The van der Waals surface area contributed by atoms with Crippen LogP contribution in [-0.2, 0) is 6.61 Å². The molecule has 0 saturated heterocycles. The van der Waals surface area contributed by atoms with Crippen molar-refractivity contribution in [1.29, 1.82) is 0 Å². The molecule has 0 unspecified atom stereocenters. The summed E-state index contributed by atoms with van der Waals surface area (Å²) in [5, 5.41) is 3.23. The van der Waals surface area contributed by atoms with Crippen molar-refractivity contribution in [2.75, 3.05) is 13.1 Å². The normalized spacial score (nSPS) is 13.8. The lowest BCUT2D eigenvalue weighted by Crippen LogP contribution is -2.19. The first-order valence-electron chi connectivity index (χ1n) is 6.57. The van der Waals surface area contributed by atoms with Crippen LogP contribution in [0.5, 0.6) is 5.75 Å². The highest BCUT2D eigenvalue weighted by Gasteiger charge is 2.08. The van der Waals surface area contributed by atoms with Gasteiger partial charge in [0.15, 0.2) is 0 Å². The van der Waals surface area contributed by atoms with Crippen LogP contribution in [0.2, 0.25) is 0 Å². The van der Waals surface area contributed by atoms with E-state index in [-0.39, 0.29) is 5.82 Å². The Balaban J connectivity index is 1.68. The summed E-state index contributed by atoms with van der Waals surface area (Å²) in [7, 11) is 0. The Morgan fingerprint density at radius 1 is 1.15 bits per heavy atom. The fourth-order valence-electron chi connectivity index (χ4n) is 2.07. The SMILES string of the molecule is Fc1ccc(COc2cccc(C3=NCCN3)c2)cc1. The van der Waals surface area contributed by atoms with Gasteiger partial charge in [0.25, 0.3) is 0 Å². The molecule has 1 aliphatic rings. The smallest absolute Gasteiger partial charge is 0.128 e. The molecule has 0 radical (unpaired) electrons. The van der Waals surface area contributed by atoms with Crippen LogP contribution in [0.15, 0.2) is 53.5 Å². The average Bonchev–Trinajstić information content (AvgIpc) is 3.01. The maximum atomic E-state index is 12.8. The predicted octanol–water partition coefficient (Wildman–Crippen LogP) is 2.75. The number of aliphatic imine (C=N–C) groups is 1. The molecule has 102 valence electrons. The largest absolute Gasteiger partial charge is 0.489 e. The van der Waals surface area contributed by atoms with Crippen LogP contribution in [0, 0.1) is 5.82 Å². The Hall–Kier alpha value is -2.36. The minimum atomic E-state index is -0.235. The highest BCUT2D eigenvalue weighted by molar-refractivity contribution is 6.00. The third-order valence-electron chi connectivity index (χ3n) is 3.10. The van der Waals surface area contributed by atoms with Crippen LogP contribution in [-0.4, -0.2) is 18.9 Å². The lowest BCUT2D eigenvalue weighted by Gasteiger charge is -2.08. The number of rotatable bonds is 4. The summed E-state index contributed by atoms with van der Waals surface area (Å²) in [4.78, 5) is 4.38. The third kappa shape index (κ3) is 2.96.